The molecule has 114 valence electrons. The molecule has 3 aliphatic heterocycles. The monoisotopic (exact) mass is 280 g/mol. The smallest absolute Gasteiger partial charge is 0.223 e. The molecule has 0 aromatic rings. The lowest BCUT2D eigenvalue weighted by Gasteiger charge is -2.39. The Morgan fingerprint density at radius 2 is 2.00 bits per heavy atom. The third kappa shape index (κ3) is 3.01. The summed E-state index contributed by atoms with van der Waals surface area (Å²) in [5.74, 6) is 0.954. The number of carbonyl (C=O) groups excluding carboxylic acids is 1. The van der Waals surface area contributed by atoms with Crippen LogP contribution in [0.3, 0.4) is 0 Å². The van der Waals surface area contributed by atoms with Crippen LogP contribution < -0.4 is 5.32 Å². The Morgan fingerprint density at radius 3 is 2.65 bits per heavy atom. The van der Waals surface area contributed by atoms with Crippen molar-refractivity contribution in [1.82, 2.24) is 10.2 Å². The van der Waals surface area contributed by atoms with Gasteiger partial charge < -0.3 is 15.0 Å². The first kappa shape index (κ1) is 14.3. The van der Waals surface area contributed by atoms with Gasteiger partial charge in [-0.3, -0.25) is 4.79 Å². The first-order valence-electron chi connectivity index (χ1n) is 8.32. The molecule has 3 rings (SSSR count). The Morgan fingerprint density at radius 1 is 1.30 bits per heavy atom. The molecule has 0 aliphatic carbocycles. The number of hydrogen-bond donors (Lipinski definition) is 1. The van der Waals surface area contributed by atoms with Gasteiger partial charge in [-0.2, -0.15) is 0 Å². The molecule has 0 aromatic heterocycles. The summed E-state index contributed by atoms with van der Waals surface area (Å²) in [6.07, 6.45) is 6.93. The van der Waals surface area contributed by atoms with Crippen molar-refractivity contribution in [2.24, 2.45) is 5.92 Å². The maximum atomic E-state index is 12.7. The van der Waals surface area contributed by atoms with E-state index in [0.717, 1.165) is 19.4 Å². The van der Waals surface area contributed by atoms with Crippen LogP contribution in [-0.4, -0.2) is 48.2 Å². The molecule has 1 N–H and O–H groups in total. The van der Waals surface area contributed by atoms with Gasteiger partial charge in [-0.25, -0.2) is 0 Å². The number of nitrogens with one attached hydrogen (secondary N) is 1. The van der Waals surface area contributed by atoms with Gasteiger partial charge in [0.25, 0.3) is 0 Å². The third-order valence-corrected chi connectivity index (χ3v) is 5.29. The largest absolute Gasteiger partial charge is 0.375 e. The molecule has 0 radical (unpaired) electrons. The van der Waals surface area contributed by atoms with Crippen LogP contribution in [0.4, 0.5) is 0 Å². The second-order valence-electron chi connectivity index (χ2n) is 6.93. The number of amides is 1. The highest BCUT2D eigenvalue weighted by molar-refractivity contribution is 5.77. The summed E-state index contributed by atoms with van der Waals surface area (Å²) < 4.78 is 5.69. The zero-order chi connectivity index (χ0) is 14.1. The van der Waals surface area contributed by atoms with Gasteiger partial charge in [-0.15, -0.1) is 0 Å². The maximum absolute atomic E-state index is 12.7. The summed E-state index contributed by atoms with van der Waals surface area (Å²) in [4.78, 5) is 14.8. The predicted octanol–water partition coefficient (Wildman–Crippen LogP) is 1.93. The predicted molar refractivity (Wildman–Crippen MR) is 78.5 cm³/mol. The minimum atomic E-state index is 0.186. The average Bonchev–Trinajstić information content (AvgIpc) is 2.78. The minimum absolute atomic E-state index is 0.186. The van der Waals surface area contributed by atoms with Crippen molar-refractivity contribution in [3.8, 4) is 0 Å². The van der Waals surface area contributed by atoms with Crippen LogP contribution in [0.25, 0.3) is 0 Å². The lowest BCUT2D eigenvalue weighted by molar-refractivity contribution is -0.145. The van der Waals surface area contributed by atoms with Gasteiger partial charge in [0, 0.05) is 25.0 Å². The average molecular weight is 280 g/mol. The second kappa shape index (κ2) is 6.02. The van der Waals surface area contributed by atoms with E-state index in [9.17, 15) is 4.79 Å². The molecule has 4 heteroatoms. The van der Waals surface area contributed by atoms with E-state index in [1.807, 2.05) is 0 Å². The fourth-order valence-electron chi connectivity index (χ4n) is 4.19. The van der Waals surface area contributed by atoms with Crippen LogP contribution in [0, 0.1) is 5.92 Å². The number of carbonyl (C=O) groups is 1. The Bertz CT molecular complexity index is 348. The fraction of sp³-hybridized carbons (Fsp3) is 0.938. The SMILES string of the molecule is CCC1COC(C)CN1C(=O)CC1CC2CCC(C1)N2. The molecule has 4 nitrogen and oxygen atoms in total. The van der Waals surface area contributed by atoms with E-state index < -0.39 is 0 Å². The lowest BCUT2D eigenvalue weighted by atomic mass is 9.89. The number of nitrogens with zero attached hydrogens (tertiary/aromatic N) is 1. The standard InChI is InChI=1S/C16H28N2O2/c1-3-15-10-20-11(2)9-18(15)16(19)8-12-6-13-4-5-14(7-12)17-13/h11-15,17H,3-10H2,1-2H3. The number of fused-ring (bicyclic) bond motifs is 2. The van der Waals surface area contributed by atoms with Crippen molar-refractivity contribution in [2.75, 3.05) is 13.2 Å². The van der Waals surface area contributed by atoms with Crippen molar-refractivity contribution >= 4 is 5.91 Å². The number of morpholine rings is 1. The molecule has 3 heterocycles. The zero-order valence-corrected chi connectivity index (χ0v) is 12.8. The van der Waals surface area contributed by atoms with Crippen LogP contribution in [0.5, 0.6) is 0 Å². The molecule has 0 spiro atoms. The summed E-state index contributed by atoms with van der Waals surface area (Å²) in [5.41, 5.74) is 0. The van der Waals surface area contributed by atoms with Crippen molar-refractivity contribution in [2.45, 2.75) is 76.6 Å². The summed E-state index contributed by atoms with van der Waals surface area (Å²) in [7, 11) is 0. The molecule has 20 heavy (non-hydrogen) atoms. The molecule has 1 amide bonds. The van der Waals surface area contributed by atoms with Gasteiger partial charge in [-0.05, 0) is 44.9 Å². The summed E-state index contributed by atoms with van der Waals surface area (Å²) in [5, 5.41) is 3.66. The van der Waals surface area contributed by atoms with E-state index in [4.69, 9.17) is 4.74 Å². The van der Waals surface area contributed by atoms with Crippen LogP contribution in [-0.2, 0) is 9.53 Å². The molecule has 3 fully saturated rings. The topological polar surface area (TPSA) is 41.6 Å². The Kier molecular flexibility index (Phi) is 4.32. The van der Waals surface area contributed by atoms with Gasteiger partial charge in [0.2, 0.25) is 5.91 Å². The summed E-state index contributed by atoms with van der Waals surface area (Å²) >= 11 is 0. The molecule has 3 aliphatic rings. The van der Waals surface area contributed by atoms with Gasteiger partial charge in [0.05, 0.1) is 18.8 Å². The second-order valence-corrected chi connectivity index (χ2v) is 6.93. The van der Waals surface area contributed by atoms with E-state index in [2.05, 4.69) is 24.1 Å². The molecule has 0 saturated carbocycles. The van der Waals surface area contributed by atoms with Gasteiger partial charge >= 0.3 is 0 Å². The molecule has 0 aromatic carbocycles. The molecular weight excluding hydrogens is 252 g/mol. The van der Waals surface area contributed by atoms with Crippen LogP contribution >= 0.6 is 0 Å². The van der Waals surface area contributed by atoms with E-state index in [0.29, 0.717) is 30.5 Å². The first-order chi connectivity index (χ1) is 9.65. The van der Waals surface area contributed by atoms with E-state index in [1.165, 1.54) is 25.7 Å². The zero-order valence-electron chi connectivity index (χ0n) is 12.8. The molecular formula is C16H28N2O2. The van der Waals surface area contributed by atoms with Gasteiger partial charge in [0.1, 0.15) is 0 Å². The normalized spacial score (nSPS) is 40.9. The quantitative estimate of drug-likeness (QED) is 0.859. The molecule has 4 unspecified atom stereocenters. The third-order valence-electron chi connectivity index (χ3n) is 5.29. The van der Waals surface area contributed by atoms with E-state index in [1.54, 1.807) is 0 Å². The van der Waals surface area contributed by atoms with Crippen molar-refractivity contribution in [3.05, 3.63) is 0 Å². The van der Waals surface area contributed by atoms with Crippen LogP contribution in [0.1, 0.15) is 52.4 Å². The van der Waals surface area contributed by atoms with Crippen LogP contribution in [0.15, 0.2) is 0 Å². The highest BCUT2D eigenvalue weighted by Crippen LogP contribution is 2.33. The highest BCUT2D eigenvalue weighted by atomic mass is 16.5. The molecule has 4 atom stereocenters. The fourth-order valence-corrected chi connectivity index (χ4v) is 4.19. The highest BCUT2D eigenvalue weighted by Gasteiger charge is 2.36. The van der Waals surface area contributed by atoms with Crippen molar-refractivity contribution < 1.29 is 9.53 Å². The first-order valence-corrected chi connectivity index (χ1v) is 8.32. The van der Waals surface area contributed by atoms with Crippen molar-refractivity contribution in [3.63, 3.8) is 0 Å². The number of rotatable bonds is 3. The molecule has 3 saturated heterocycles. The van der Waals surface area contributed by atoms with Gasteiger partial charge in [0.15, 0.2) is 0 Å². The van der Waals surface area contributed by atoms with Gasteiger partial charge in [-0.1, -0.05) is 6.92 Å². The number of piperidine rings is 1. The summed E-state index contributed by atoms with van der Waals surface area (Å²) in [6.45, 7) is 5.70. The van der Waals surface area contributed by atoms with E-state index in [-0.39, 0.29) is 12.1 Å². The Balaban J connectivity index is 1.57. The molecule has 2 bridgehead atoms. The van der Waals surface area contributed by atoms with Crippen LogP contribution in [0.2, 0.25) is 0 Å². The van der Waals surface area contributed by atoms with E-state index >= 15 is 0 Å². The maximum Gasteiger partial charge on any atom is 0.223 e. The lowest BCUT2D eigenvalue weighted by Crippen LogP contribution is -2.52. The Labute approximate surface area is 122 Å². The minimum Gasteiger partial charge on any atom is -0.375 e. The summed E-state index contributed by atoms with van der Waals surface area (Å²) in [6, 6.07) is 1.64. The number of hydrogen-bond acceptors (Lipinski definition) is 3. The Hall–Kier alpha value is -0.610. The van der Waals surface area contributed by atoms with Crippen molar-refractivity contribution in [1.29, 1.82) is 0 Å². The number of ether oxygens (including phenoxy) is 1.